The molecule has 12 heavy (non-hydrogen) atoms. The van der Waals surface area contributed by atoms with E-state index in [0.29, 0.717) is 13.2 Å². The van der Waals surface area contributed by atoms with Crippen molar-refractivity contribution in [3.63, 3.8) is 0 Å². The first-order valence-corrected chi connectivity index (χ1v) is 7.35. The monoisotopic (exact) mass is 190 g/mol. The number of rotatable bonds is 3. The third-order valence-electron chi connectivity index (χ3n) is 1.35. The Hall–Kier alpha value is -0.553. The zero-order valence-corrected chi connectivity index (χ0v) is 8.62. The second-order valence-corrected chi connectivity index (χ2v) is 8.24. The van der Waals surface area contributed by atoms with E-state index in [-0.39, 0.29) is 6.10 Å². The molecule has 0 amide bonds. The number of hydrogen-bond donors (Lipinski definition) is 0. The van der Waals surface area contributed by atoms with E-state index in [4.69, 9.17) is 9.16 Å². The zero-order valence-electron chi connectivity index (χ0n) is 7.62. The highest BCUT2D eigenvalue weighted by atomic mass is 28.4. The molecule has 0 aromatic carbocycles. The first-order valence-electron chi connectivity index (χ1n) is 3.95. The van der Waals surface area contributed by atoms with Crippen molar-refractivity contribution in [2.24, 2.45) is 0 Å². The van der Waals surface area contributed by atoms with Gasteiger partial charge in [-0.3, -0.25) is 0 Å². The number of ether oxygens (including phenoxy) is 2. The summed E-state index contributed by atoms with van der Waals surface area (Å²) in [5.41, 5.74) is 0. The lowest BCUT2D eigenvalue weighted by Crippen LogP contribution is -2.31. The van der Waals surface area contributed by atoms with Crippen molar-refractivity contribution in [2.45, 2.75) is 25.7 Å². The highest BCUT2D eigenvalue weighted by Gasteiger charge is 2.27. The maximum absolute atomic E-state index is 10.5. The fourth-order valence-corrected chi connectivity index (χ4v) is 1.48. The quantitative estimate of drug-likeness (QED) is 0.498. The molecule has 1 atom stereocenters. The van der Waals surface area contributed by atoms with E-state index in [1.165, 1.54) is 0 Å². The van der Waals surface area contributed by atoms with Gasteiger partial charge in [0.05, 0.1) is 6.61 Å². The first kappa shape index (κ1) is 9.53. The summed E-state index contributed by atoms with van der Waals surface area (Å²) in [6.45, 7) is 7.05. The number of cyclic esters (lactones) is 2. The summed E-state index contributed by atoms with van der Waals surface area (Å²) in [6.07, 6.45) is -0.789. The standard InChI is InChI=1S/C7H14O4Si/c1-12(2,3)10-5-6-4-9-7(8)11-6/h6H,4-5H2,1-3H3/t6-/m1/s1. The lowest BCUT2D eigenvalue weighted by atomic mass is 10.4. The van der Waals surface area contributed by atoms with Gasteiger partial charge < -0.3 is 13.9 Å². The molecule has 0 unspecified atom stereocenters. The molecule has 70 valence electrons. The van der Waals surface area contributed by atoms with Crippen molar-refractivity contribution in [3.05, 3.63) is 0 Å². The van der Waals surface area contributed by atoms with Gasteiger partial charge in [-0.1, -0.05) is 0 Å². The van der Waals surface area contributed by atoms with Crippen LogP contribution in [-0.2, 0) is 13.9 Å². The first-order chi connectivity index (χ1) is 5.47. The third-order valence-corrected chi connectivity index (χ3v) is 2.38. The summed E-state index contributed by atoms with van der Waals surface area (Å²) < 4.78 is 14.9. The second-order valence-electron chi connectivity index (χ2n) is 3.72. The summed E-state index contributed by atoms with van der Waals surface area (Å²) in [5.74, 6) is 0. The van der Waals surface area contributed by atoms with E-state index >= 15 is 0 Å². The summed E-state index contributed by atoms with van der Waals surface area (Å²) in [7, 11) is -1.49. The summed E-state index contributed by atoms with van der Waals surface area (Å²) in [4.78, 5) is 10.5. The van der Waals surface area contributed by atoms with Crippen LogP contribution in [0.5, 0.6) is 0 Å². The van der Waals surface area contributed by atoms with Crippen LogP contribution < -0.4 is 0 Å². The van der Waals surface area contributed by atoms with E-state index in [1.54, 1.807) is 0 Å². The Kier molecular flexibility index (Phi) is 2.74. The average Bonchev–Trinajstić information content (AvgIpc) is 2.30. The fourth-order valence-electron chi connectivity index (χ4n) is 0.790. The van der Waals surface area contributed by atoms with E-state index in [2.05, 4.69) is 24.4 Å². The molecule has 1 heterocycles. The molecule has 0 aromatic rings. The predicted octanol–water partition coefficient (Wildman–Crippen LogP) is 1.37. The minimum atomic E-state index is -1.49. The van der Waals surface area contributed by atoms with Gasteiger partial charge >= 0.3 is 6.16 Å². The Bertz CT molecular complexity index is 175. The van der Waals surface area contributed by atoms with Crippen LogP contribution in [0.2, 0.25) is 19.6 Å². The number of carbonyl (C=O) groups is 1. The molecule has 1 rings (SSSR count). The van der Waals surface area contributed by atoms with Crippen LogP contribution in [0.15, 0.2) is 0 Å². The lowest BCUT2D eigenvalue weighted by Gasteiger charge is -2.18. The molecule has 1 aliphatic heterocycles. The summed E-state index contributed by atoms with van der Waals surface area (Å²) in [5, 5.41) is 0. The molecule has 0 bridgehead atoms. The molecule has 0 aromatic heterocycles. The lowest BCUT2D eigenvalue weighted by molar-refractivity contribution is 0.0965. The third kappa shape index (κ3) is 3.23. The zero-order chi connectivity index (χ0) is 9.19. The van der Waals surface area contributed by atoms with Crippen molar-refractivity contribution >= 4 is 14.5 Å². The van der Waals surface area contributed by atoms with Crippen molar-refractivity contribution in [2.75, 3.05) is 13.2 Å². The van der Waals surface area contributed by atoms with Crippen LogP contribution in [0.3, 0.4) is 0 Å². The van der Waals surface area contributed by atoms with Gasteiger partial charge in [0.1, 0.15) is 6.61 Å². The van der Waals surface area contributed by atoms with Gasteiger partial charge in [0.25, 0.3) is 0 Å². The van der Waals surface area contributed by atoms with E-state index < -0.39 is 14.5 Å². The fraction of sp³-hybridized carbons (Fsp3) is 0.857. The van der Waals surface area contributed by atoms with Crippen LogP contribution in [0.25, 0.3) is 0 Å². The van der Waals surface area contributed by atoms with E-state index in [1.807, 2.05) is 0 Å². The highest BCUT2D eigenvalue weighted by molar-refractivity contribution is 6.69. The molecular weight excluding hydrogens is 176 g/mol. The van der Waals surface area contributed by atoms with Gasteiger partial charge in [-0.25, -0.2) is 4.79 Å². The van der Waals surface area contributed by atoms with Gasteiger partial charge in [0.2, 0.25) is 0 Å². The number of carbonyl (C=O) groups excluding carboxylic acids is 1. The second kappa shape index (κ2) is 3.45. The molecule has 5 heteroatoms. The Morgan fingerprint density at radius 3 is 2.67 bits per heavy atom. The van der Waals surface area contributed by atoms with Crippen LogP contribution in [0.4, 0.5) is 4.79 Å². The predicted molar refractivity (Wildman–Crippen MR) is 45.5 cm³/mol. The van der Waals surface area contributed by atoms with Gasteiger partial charge in [-0.15, -0.1) is 0 Å². The van der Waals surface area contributed by atoms with Crippen LogP contribution in [0.1, 0.15) is 0 Å². The van der Waals surface area contributed by atoms with E-state index in [9.17, 15) is 4.79 Å². The molecule has 0 radical (unpaired) electrons. The molecule has 0 saturated carbocycles. The summed E-state index contributed by atoms with van der Waals surface area (Å²) in [6, 6.07) is 0. The van der Waals surface area contributed by atoms with Gasteiger partial charge in [0.15, 0.2) is 14.4 Å². The highest BCUT2D eigenvalue weighted by Crippen LogP contribution is 2.10. The maximum atomic E-state index is 10.5. The van der Waals surface area contributed by atoms with Crippen molar-refractivity contribution < 1.29 is 18.7 Å². The topological polar surface area (TPSA) is 44.8 Å². The van der Waals surface area contributed by atoms with Crippen LogP contribution in [0, 0.1) is 0 Å². The maximum Gasteiger partial charge on any atom is 0.508 e. The van der Waals surface area contributed by atoms with Crippen LogP contribution in [-0.4, -0.2) is 33.8 Å². The molecule has 1 saturated heterocycles. The molecule has 0 spiro atoms. The summed E-state index contributed by atoms with van der Waals surface area (Å²) >= 11 is 0. The van der Waals surface area contributed by atoms with Crippen LogP contribution >= 0.6 is 0 Å². The molecular formula is C7H14O4Si. The largest absolute Gasteiger partial charge is 0.508 e. The van der Waals surface area contributed by atoms with Crippen molar-refractivity contribution in [1.82, 2.24) is 0 Å². The molecule has 1 aliphatic rings. The van der Waals surface area contributed by atoms with Crippen molar-refractivity contribution in [3.8, 4) is 0 Å². The molecule has 0 N–H and O–H groups in total. The molecule has 1 fully saturated rings. The van der Waals surface area contributed by atoms with Crippen molar-refractivity contribution in [1.29, 1.82) is 0 Å². The Morgan fingerprint density at radius 1 is 1.58 bits per heavy atom. The molecule has 4 nitrogen and oxygen atoms in total. The minimum absolute atomic E-state index is 0.204. The van der Waals surface area contributed by atoms with Gasteiger partial charge in [0, 0.05) is 0 Å². The number of hydrogen-bond acceptors (Lipinski definition) is 4. The Balaban J connectivity index is 2.20. The Labute approximate surface area is 72.9 Å². The average molecular weight is 190 g/mol. The smallest absolute Gasteiger partial charge is 0.430 e. The normalized spacial score (nSPS) is 23.6. The minimum Gasteiger partial charge on any atom is -0.430 e. The Morgan fingerprint density at radius 2 is 2.25 bits per heavy atom. The van der Waals surface area contributed by atoms with Gasteiger partial charge in [-0.2, -0.15) is 0 Å². The van der Waals surface area contributed by atoms with E-state index in [0.717, 1.165) is 0 Å². The van der Waals surface area contributed by atoms with Gasteiger partial charge in [-0.05, 0) is 19.6 Å². The molecule has 0 aliphatic carbocycles. The SMILES string of the molecule is C[Si](C)(C)OC[C@H]1COC(=O)O1.